The van der Waals surface area contributed by atoms with E-state index in [1.165, 1.54) is 21.0 Å². The van der Waals surface area contributed by atoms with E-state index < -0.39 is 115 Å². The Hall–Kier alpha value is -3.30. The summed E-state index contributed by atoms with van der Waals surface area (Å²) >= 11 is 0. The number of hydrogen-bond acceptors (Lipinski definition) is 18. The van der Waals surface area contributed by atoms with Crippen LogP contribution in [0.5, 0.6) is 0 Å². The van der Waals surface area contributed by atoms with Gasteiger partial charge < -0.3 is 67.6 Å². The molecular weight excluding hydrogens is 802 g/mol. The molecule has 0 aromatic carbocycles. The number of amides is 1. The molecule has 0 aromatic rings. The maximum absolute atomic E-state index is 13.4. The van der Waals surface area contributed by atoms with Gasteiger partial charge in [0.05, 0.1) is 30.8 Å². The van der Waals surface area contributed by atoms with Gasteiger partial charge in [0.25, 0.3) is 0 Å². The normalized spacial score (nSPS) is 37.1. The fourth-order valence-electron chi connectivity index (χ4n) is 8.63. The summed E-state index contributed by atoms with van der Waals surface area (Å²) in [5.74, 6) is -3.60. The Morgan fingerprint density at radius 1 is 0.934 bits per heavy atom. The van der Waals surface area contributed by atoms with Gasteiger partial charge in [0.15, 0.2) is 24.3 Å². The van der Waals surface area contributed by atoms with Crippen LogP contribution in [0.15, 0.2) is 0 Å². The quantitative estimate of drug-likeness (QED) is 0.143. The second kappa shape index (κ2) is 24.0. The molecule has 0 aromatic heterocycles. The summed E-state index contributed by atoms with van der Waals surface area (Å²) in [7, 11) is 6.70. The molecule has 19 heteroatoms. The molecule has 1 amide bonds. The maximum atomic E-state index is 13.4. The van der Waals surface area contributed by atoms with Gasteiger partial charge in [-0.2, -0.15) is 0 Å². The fraction of sp³-hybridized carbons (Fsp3) is 0.857. The summed E-state index contributed by atoms with van der Waals surface area (Å²) < 4.78 is 55.1. The molecule has 5 unspecified atom stereocenters. The second-order valence-corrected chi connectivity index (χ2v) is 16.9. The Morgan fingerprint density at radius 2 is 1.59 bits per heavy atom. The van der Waals surface area contributed by atoms with Crippen molar-refractivity contribution < 1.29 is 76.5 Å². The Kier molecular flexibility index (Phi) is 20.4. The molecule has 2 N–H and O–H groups in total. The van der Waals surface area contributed by atoms with Gasteiger partial charge >= 0.3 is 23.9 Å². The lowest BCUT2D eigenvalue weighted by molar-refractivity contribution is -0.344. The lowest BCUT2D eigenvalue weighted by Gasteiger charge is -2.50. The van der Waals surface area contributed by atoms with Crippen LogP contribution in [0, 0.1) is 11.8 Å². The van der Waals surface area contributed by atoms with Crippen molar-refractivity contribution >= 4 is 36.1 Å². The van der Waals surface area contributed by atoms with E-state index in [-0.39, 0.29) is 51.0 Å². The van der Waals surface area contributed by atoms with Crippen molar-refractivity contribution in [3.05, 3.63) is 0 Å². The van der Waals surface area contributed by atoms with E-state index in [0.717, 1.165) is 6.29 Å². The number of nitrogens with one attached hydrogen (secondary N) is 1. The summed E-state index contributed by atoms with van der Waals surface area (Å²) in [4.78, 5) is 79.3. The van der Waals surface area contributed by atoms with Gasteiger partial charge in [0, 0.05) is 66.3 Å². The Labute approximate surface area is 360 Å². The average Bonchev–Trinajstić information content (AvgIpc) is 3.16. The number of hydrogen-bond donors (Lipinski definition) is 2. The third-order valence-electron chi connectivity index (χ3n) is 11.6. The van der Waals surface area contributed by atoms with Crippen LogP contribution in [0.3, 0.4) is 0 Å². The van der Waals surface area contributed by atoms with Gasteiger partial charge in [-0.1, -0.05) is 20.8 Å². The highest BCUT2D eigenvalue weighted by Crippen LogP contribution is 2.39. The number of likely N-dealkylation sites (N-methyl/N-ethyl adjacent to an activating group) is 2. The van der Waals surface area contributed by atoms with Crippen molar-refractivity contribution in [1.29, 1.82) is 0 Å². The number of esters is 4. The van der Waals surface area contributed by atoms with Crippen LogP contribution in [-0.4, -0.2) is 178 Å². The monoisotopic (exact) mass is 873 g/mol. The number of ether oxygens (including phenoxy) is 9. The SMILES string of the molecule is CCC(=O)O[C@@H]1CC(=O)NCCN(C)C[C@H](OC(C)=O)[C@H](C)C[C@H](CC=O)[C@H](O[C@@H]2OC(C)[C@H](O[C@H]3CC(C)(OC(C)=O)[C@@H](OC(=O)CC)C(C)O3)C(N(C)C)C2O)[C@H]1OC. The smallest absolute Gasteiger partial charge is 0.306 e. The van der Waals surface area contributed by atoms with E-state index in [2.05, 4.69) is 5.32 Å². The average molecular weight is 874 g/mol. The van der Waals surface area contributed by atoms with Crippen molar-refractivity contribution in [2.75, 3.05) is 47.9 Å². The summed E-state index contributed by atoms with van der Waals surface area (Å²) in [6.45, 7) is 13.8. The van der Waals surface area contributed by atoms with E-state index in [9.17, 15) is 33.9 Å². The molecule has 0 spiro atoms. The minimum Gasteiger partial charge on any atom is -0.461 e. The van der Waals surface area contributed by atoms with E-state index in [1.54, 1.807) is 53.6 Å². The number of aliphatic hydroxyl groups excluding tert-OH is 1. The number of nitrogens with zero attached hydrogens (tertiary/aromatic N) is 2. The molecule has 350 valence electrons. The Bertz CT molecular complexity index is 1470. The molecule has 3 fully saturated rings. The van der Waals surface area contributed by atoms with E-state index in [1.807, 2.05) is 18.9 Å². The second-order valence-electron chi connectivity index (χ2n) is 16.9. The molecule has 3 heterocycles. The molecule has 0 radical (unpaired) electrons. The minimum atomic E-state index is -1.42. The van der Waals surface area contributed by atoms with E-state index in [0.29, 0.717) is 13.1 Å². The van der Waals surface area contributed by atoms with Crippen molar-refractivity contribution in [2.24, 2.45) is 11.8 Å². The van der Waals surface area contributed by atoms with E-state index >= 15 is 0 Å². The van der Waals surface area contributed by atoms with Crippen LogP contribution in [0.4, 0.5) is 0 Å². The van der Waals surface area contributed by atoms with Gasteiger partial charge in [-0.15, -0.1) is 0 Å². The first-order valence-corrected chi connectivity index (χ1v) is 21.3. The van der Waals surface area contributed by atoms with Crippen molar-refractivity contribution in [1.82, 2.24) is 15.1 Å². The molecule has 61 heavy (non-hydrogen) atoms. The first-order valence-electron chi connectivity index (χ1n) is 21.3. The largest absolute Gasteiger partial charge is 0.461 e. The van der Waals surface area contributed by atoms with Gasteiger partial charge in [-0.3, -0.25) is 24.0 Å². The topological polar surface area (TPSA) is 224 Å². The van der Waals surface area contributed by atoms with Crippen molar-refractivity contribution in [3.8, 4) is 0 Å². The summed E-state index contributed by atoms with van der Waals surface area (Å²) in [5, 5.41) is 15.1. The van der Waals surface area contributed by atoms with Crippen molar-refractivity contribution in [2.45, 2.75) is 173 Å². The van der Waals surface area contributed by atoms with Crippen LogP contribution in [0.2, 0.25) is 0 Å². The standard InChI is InChI=1S/C42H71N3O16/c1-13-32(50)57-29-20-31(49)43-16-17-45(11)22-30(56-26(6)47)23(3)19-28(15-18-46)38(39(29)53-12)60-41-36(52)35(44(9)10)37(24(4)55-41)59-34-21-42(8,61-27(7)48)40(25(5)54-34)58-33(51)14-2/h18,23-25,28-30,34-41,52H,13-17,19-22H2,1-12H3,(H,43,49)/t23-,24?,25?,28+,29-,30+,34+,35?,36?,37+,38+,39+,40+,41+,42?/m1/s1. The molecule has 3 aliphatic heterocycles. The van der Waals surface area contributed by atoms with Crippen LogP contribution in [0.1, 0.15) is 93.9 Å². The van der Waals surface area contributed by atoms with Crippen LogP contribution in [0.25, 0.3) is 0 Å². The van der Waals surface area contributed by atoms with E-state index in [4.69, 9.17) is 42.6 Å². The van der Waals surface area contributed by atoms with Crippen LogP contribution in [-0.2, 0) is 71.4 Å². The zero-order valence-corrected chi connectivity index (χ0v) is 38.0. The Balaban J connectivity index is 2.05. The molecule has 3 rings (SSSR count). The number of carbonyl (C=O) groups excluding carboxylic acids is 6. The lowest BCUT2D eigenvalue weighted by Crippen LogP contribution is -2.66. The molecule has 0 aliphatic carbocycles. The third kappa shape index (κ3) is 14.6. The van der Waals surface area contributed by atoms with Gasteiger partial charge in [0.2, 0.25) is 5.91 Å². The zero-order chi connectivity index (χ0) is 45.8. The highest BCUT2D eigenvalue weighted by molar-refractivity contribution is 5.77. The summed E-state index contributed by atoms with van der Waals surface area (Å²) in [5.41, 5.74) is -1.32. The predicted molar refractivity (Wildman–Crippen MR) is 216 cm³/mol. The molecule has 15 atom stereocenters. The molecule has 0 saturated carbocycles. The highest BCUT2D eigenvalue weighted by Gasteiger charge is 2.54. The first-order chi connectivity index (χ1) is 28.7. The van der Waals surface area contributed by atoms with Crippen LogP contribution < -0.4 is 5.32 Å². The number of aliphatic hydroxyl groups is 1. The fourth-order valence-corrected chi connectivity index (χ4v) is 8.63. The summed E-state index contributed by atoms with van der Waals surface area (Å²) in [6.07, 6.45) is -10.5. The zero-order valence-electron chi connectivity index (χ0n) is 38.0. The van der Waals surface area contributed by atoms with Crippen LogP contribution >= 0.6 is 0 Å². The maximum Gasteiger partial charge on any atom is 0.306 e. The van der Waals surface area contributed by atoms with Crippen molar-refractivity contribution in [3.63, 3.8) is 0 Å². The van der Waals surface area contributed by atoms with Gasteiger partial charge in [-0.05, 0) is 60.2 Å². The number of methoxy groups -OCH3 is 1. The molecular formula is C42H71N3O16. The number of carbonyl (C=O) groups is 6. The summed E-state index contributed by atoms with van der Waals surface area (Å²) in [6, 6.07) is -0.811. The van der Waals surface area contributed by atoms with Gasteiger partial charge in [0.1, 0.15) is 36.8 Å². The predicted octanol–water partition coefficient (Wildman–Crippen LogP) is 1.52. The first kappa shape index (κ1) is 52.0. The Morgan fingerprint density at radius 3 is 2.16 bits per heavy atom. The van der Waals surface area contributed by atoms with Gasteiger partial charge in [-0.25, -0.2) is 0 Å². The molecule has 3 aliphatic rings. The minimum absolute atomic E-state index is 0.00562. The molecule has 19 nitrogen and oxygen atoms in total. The molecule has 3 saturated heterocycles. The third-order valence-corrected chi connectivity index (χ3v) is 11.6. The number of aldehydes is 1. The number of rotatable bonds is 14. The highest BCUT2D eigenvalue weighted by atomic mass is 16.7. The lowest BCUT2D eigenvalue weighted by atomic mass is 9.82. The molecule has 0 bridgehead atoms.